The summed E-state index contributed by atoms with van der Waals surface area (Å²) in [5, 5.41) is 13.7. The predicted octanol–water partition coefficient (Wildman–Crippen LogP) is -0.746. The molecule has 0 aliphatic carbocycles. The molecule has 1 fully saturated rings. The van der Waals surface area contributed by atoms with Crippen molar-refractivity contribution in [3.63, 3.8) is 0 Å². The third kappa shape index (κ3) is 5.54. The summed E-state index contributed by atoms with van der Waals surface area (Å²) >= 11 is 0. The van der Waals surface area contributed by atoms with Gasteiger partial charge in [-0.3, -0.25) is 19.8 Å². The van der Waals surface area contributed by atoms with Crippen molar-refractivity contribution in [2.24, 2.45) is 5.92 Å². The Kier molecular flexibility index (Phi) is 6.40. The summed E-state index contributed by atoms with van der Waals surface area (Å²) in [6, 6.07) is -1.42. The van der Waals surface area contributed by atoms with Crippen molar-refractivity contribution in [3.8, 4) is 0 Å². The Morgan fingerprint density at radius 2 is 2.10 bits per heavy atom. The van der Waals surface area contributed by atoms with E-state index < -0.39 is 23.9 Å². The van der Waals surface area contributed by atoms with Gasteiger partial charge in [0.1, 0.15) is 6.04 Å². The molecule has 114 valence electrons. The van der Waals surface area contributed by atoms with E-state index in [2.05, 4.69) is 10.6 Å². The third-order valence-electron chi connectivity index (χ3n) is 2.79. The second-order valence-corrected chi connectivity index (χ2v) is 5.05. The van der Waals surface area contributed by atoms with Crippen LogP contribution in [0.2, 0.25) is 0 Å². The number of morpholine rings is 1. The van der Waals surface area contributed by atoms with Gasteiger partial charge in [0.25, 0.3) is 0 Å². The maximum atomic E-state index is 11.7. The van der Waals surface area contributed by atoms with Crippen molar-refractivity contribution >= 4 is 17.9 Å². The number of imide groups is 1. The van der Waals surface area contributed by atoms with Crippen LogP contribution >= 0.6 is 0 Å². The summed E-state index contributed by atoms with van der Waals surface area (Å²) in [7, 11) is 0. The number of hydrogen-bond acceptors (Lipinski definition) is 5. The van der Waals surface area contributed by atoms with Gasteiger partial charge in [0.05, 0.1) is 19.8 Å². The topological polar surface area (TPSA) is 108 Å². The van der Waals surface area contributed by atoms with Crippen LogP contribution in [0.15, 0.2) is 0 Å². The predicted molar refractivity (Wildman–Crippen MR) is 70.2 cm³/mol. The number of amides is 3. The molecule has 0 radical (unpaired) electrons. The Hall–Kier alpha value is -1.67. The lowest BCUT2D eigenvalue weighted by Crippen LogP contribution is -2.54. The van der Waals surface area contributed by atoms with Crippen molar-refractivity contribution in [2.75, 3.05) is 32.8 Å². The molecule has 1 rings (SSSR count). The number of ether oxygens (including phenoxy) is 1. The molecule has 1 unspecified atom stereocenters. The van der Waals surface area contributed by atoms with E-state index in [1.165, 1.54) is 4.90 Å². The molecule has 3 amide bonds. The minimum absolute atomic E-state index is 0.0438. The SMILES string of the molecule is CC(C)CNC(=O)NC(=O)CN1CCOCC1C(=O)O. The van der Waals surface area contributed by atoms with Crippen LogP contribution in [0.1, 0.15) is 13.8 Å². The Bertz CT molecular complexity index is 372. The van der Waals surface area contributed by atoms with Crippen molar-refractivity contribution in [1.82, 2.24) is 15.5 Å². The fourth-order valence-electron chi connectivity index (χ4n) is 1.75. The molecule has 1 atom stereocenters. The first-order valence-corrected chi connectivity index (χ1v) is 6.52. The molecule has 0 aromatic carbocycles. The van der Waals surface area contributed by atoms with Crippen molar-refractivity contribution in [1.29, 1.82) is 0 Å². The standard InChI is InChI=1S/C12H21N3O5/c1-8(2)5-13-12(19)14-10(16)6-15-3-4-20-7-9(15)11(17)18/h8-9H,3-7H2,1-2H3,(H,17,18)(H2,13,14,16,19). The molecule has 0 spiro atoms. The second-order valence-electron chi connectivity index (χ2n) is 5.05. The second kappa shape index (κ2) is 7.81. The highest BCUT2D eigenvalue weighted by atomic mass is 16.5. The van der Waals surface area contributed by atoms with Gasteiger partial charge in [-0.15, -0.1) is 0 Å². The number of carboxylic acids is 1. The van der Waals surface area contributed by atoms with Crippen molar-refractivity contribution in [3.05, 3.63) is 0 Å². The summed E-state index contributed by atoms with van der Waals surface area (Å²) in [6.07, 6.45) is 0. The average molecular weight is 287 g/mol. The quantitative estimate of drug-likeness (QED) is 0.614. The highest BCUT2D eigenvalue weighted by Crippen LogP contribution is 2.06. The molecule has 1 heterocycles. The highest BCUT2D eigenvalue weighted by molar-refractivity contribution is 5.95. The minimum Gasteiger partial charge on any atom is -0.480 e. The Morgan fingerprint density at radius 1 is 1.40 bits per heavy atom. The number of hydrogen-bond donors (Lipinski definition) is 3. The molecule has 8 nitrogen and oxygen atoms in total. The molecular weight excluding hydrogens is 266 g/mol. The Labute approximate surface area is 117 Å². The first-order chi connectivity index (χ1) is 9.40. The number of nitrogens with zero attached hydrogens (tertiary/aromatic N) is 1. The van der Waals surface area contributed by atoms with E-state index in [-0.39, 0.29) is 19.1 Å². The van der Waals surface area contributed by atoms with Gasteiger partial charge in [-0.05, 0) is 5.92 Å². The molecule has 3 N–H and O–H groups in total. The lowest BCUT2D eigenvalue weighted by Gasteiger charge is -2.31. The van der Waals surface area contributed by atoms with Gasteiger partial charge in [-0.25, -0.2) is 4.79 Å². The zero-order chi connectivity index (χ0) is 15.1. The van der Waals surface area contributed by atoms with Gasteiger partial charge < -0.3 is 15.2 Å². The van der Waals surface area contributed by atoms with Crippen molar-refractivity contribution < 1.29 is 24.2 Å². The van der Waals surface area contributed by atoms with Gasteiger partial charge in [0.15, 0.2) is 0 Å². The van der Waals surface area contributed by atoms with Crippen LogP contribution in [0.25, 0.3) is 0 Å². The summed E-state index contributed by atoms with van der Waals surface area (Å²) in [5.41, 5.74) is 0. The van der Waals surface area contributed by atoms with Crippen LogP contribution in [0.5, 0.6) is 0 Å². The molecule has 1 saturated heterocycles. The molecule has 0 saturated carbocycles. The molecule has 0 aromatic heterocycles. The van der Waals surface area contributed by atoms with Crippen LogP contribution in [0, 0.1) is 5.92 Å². The summed E-state index contributed by atoms with van der Waals surface area (Å²) in [5.74, 6) is -1.28. The first kappa shape index (κ1) is 16.4. The molecule has 0 bridgehead atoms. The third-order valence-corrected chi connectivity index (χ3v) is 2.79. The lowest BCUT2D eigenvalue weighted by atomic mass is 10.2. The number of nitrogens with one attached hydrogen (secondary N) is 2. The van der Waals surface area contributed by atoms with Crippen LogP contribution in [0.3, 0.4) is 0 Å². The summed E-state index contributed by atoms with van der Waals surface area (Å²) in [4.78, 5) is 35.6. The zero-order valence-electron chi connectivity index (χ0n) is 11.7. The van der Waals surface area contributed by atoms with E-state index in [0.717, 1.165) is 0 Å². The number of carbonyl (C=O) groups is 3. The van der Waals surface area contributed by atoms with Crippen LogP contribution in [-0.4, -0.2) is 66.8 Å². The maximum absolute atomic E-state index is 11.7. The smallest absolute Gasteiger partial charge is 0.323 e. The van der Waals surface area contributed by atoms with Gasteiger partial charge in [0, 0.05) is 13.1 Å². The minimum atomic E-state index is -1.04. The van der Waals surface area contributed by atoms with E-state index in [1.54, 1.807) is 0 Å². The fourth-order valence-corrected chi connectivity index (χ4v) is 1.75. The summed E-state index contributed by atoms with van der Waals surface area (Å²) < 4.78 is 5.07. The van der Waals surface area contributed by atoms with Crippen LogP contribution < -0.4 is 10.6 Å². The number of urea groups is 1. The van der Waals surface area contributed by atoms with E-state index in [4.69, 9.17) is 9.84 Å². The normalized spacial score (nSPS) is 19.6. The molecule has 1 aliphatic rings. The number of rotatable bonds is 5. The zero-order valence-corrected chi connectivity index (χ0v) is 11.7. The van der Waals surface area contributed by atoms with E-state index >= 15 is 0 Å². The van der Waals surface area contributed by atoms with E-state index in [9.17, 15) is 14.4 Å². The highest BCUT2D eigenvalue weighted by Gasteiger charge is 2.30. The molecule has 8 heteroatoms. The fraction of sp³-hybridized carbons (Fsp3) is 0.750. The number of carboxylic acid groups (broad SMARTS) is 1. The monoisotopic (exact) mass is 287 g/mol. The Morgan fingerprint density at radius 3 is 2.70 bits per heavy atom. The van der Waals surface area contributed by atoms with Gasteiger partial charge in [-0.2, -0.15) is 0 Å². The Balaban J connectivity index is 2.40. The lowest BCUT2D eigenvalue weighted by molar-refractivity contribution is -0.150. The maximum Gasteiger partial charge on any atom is 0.323 e. The van der Waals surface area contributed by atoms with E-state index in [1.807, 2.05) is 13.8 Å². The molecule has 0 aromatic rings. The van der Waals surface area contributed by atoms with Crippen molar-refractivity contribution in [2.45, 2.75) is 19.9 Å². The largest absolute Gasteiger partial charge is 0.480 e. The van der Waals surface area contributed by atoms with Crippen LogP contribution in [-0.2, 0) is 14.3 Å². The van der Waals surface area contributed by atoms with E-state index in [0.29, 0.717) is 19.7 Å². The van der Waals surface area contributed by atoms with Gasteiger partial charge in [0.2, 0.25) is 5.91 Å². The number of aliphatic carboxylic acids is 1. The molecule has 20 heavy (non-hydrogen) atoms. The van der Waals surface area contributed by atoms with Gasteiger partial charge >= 0.3 is 12.0 Å². The van der Waals surface area contributed by atoms with Gasteiger partial charge in [-0.1, -0.05) is 13.8 Å². The average Bonchev–Trinajstić information content (AvgIpc) is 2.36. The molecule has 1 aliphatic heterocycles. The van der Waals surface area contributed by atoms with Crippen LogP contribution in [0.4, 0.5) is 4.79 Å². The molecular formula is C12H21N3O5. The summed E-state index contributed by atoms with van der Waals surface area (Å²) in [6.45, 7) is 4.96. The number of carbonyl (C=O) groups excluding carboxylic acids is 2. The first-order valence-electron chi connectivity index (χ1n) is 6.52.